The van der Waals surface area contributed by atoms with Crippen molar-refractivity contribution in [2.75, 3.05) is 7.05 Å². The van der Waals surface area contributed by atoms with E-state index in [2.05, 4.69) is 16.0 Å². The second-order valence-electron chi connectivity index (χ2n) is 3.04. The summed E-state index contributed by atoms with van der Waals surface area (Å²) in [7, 11) is 1.72. The molecule has 1 aromatic rings. The Labute approximate surface area is 132 Å². The molecule has 0 saturated heterocycles. The minimum Gasteiger partial charge on any atom is -0.380 e. The predicted molar refractivity (Wildman–Crippen MR) is 53.5 cm³/mol. The Morgan fingerprint density at radius 1 is 1.73 bits per heavy atom. The van der Waals surface area contributed by atoms with Crippen molar-refractivity contribution >= 4 is 6.29 Å². The van der Waals surface area contributed by atoms with Gasteiger partial charge < -0.3 is 15.5 Å². The van der Waals surface area contributed by atoms with Crippen molar-refractivity contribution in [1.82, 2.24) is 4.98 Å². The number of nitrogens with zero attached hydrogens (tertiary/aromatic N) is 1. The van der Waals surface area contributed by atoms with Crippen molar-refractivity contribution in [1.29, 1.82) is 0 Å². The summed E-state index contributed by atoms with van der Waals surface area (Å²) in [5, 5.41) is 0. The van der Waals surface area contributed by atoms with E-state index in [0.29, 0.717) is 6.42 Å². The van der Waals surface area contributed by atoms with Gasteiger partial charge in [0.05, 0.1) is 6.04 Å². The van der Waals surface area contributed by atoms with E-state index >= 15 is 0 Å². The first-order chi connectivity index (χ1) is 6.77. The molecule has 5 heteroatoms. The van der Waals surface area contributed by atoms with Crippen LogP contribution in [-0.2, 0) is 11.2 Å². The first kappa shape index (κ1) is 15.2. The van der Waals surface area contributed by atoms with Crippen LogP contribution in [0.2, 0.25) is 0 Å². The van der Waals surface area contributed by atoms with Gasteiger partial charge in [0.1, 0.15) is 6.29 Å². The molecule has 1 heterocycles. The molecular formula is C10H14KN3O. The second kappa shape index (κ2) is 8.38. The first-order valence-corrected chi connectivity index (χ1v) is 4.49. The van der Waals surface area contributed by atoms with Crippen molar-refractivity contribution in [2.24, 2.45) is 10.7 Å². The molecule has 0 saturated carbocycles. The number of aldehydes is 1. The van der Waals surface area contributed by atoms with Gasteiger partial charge in [-0.05, 0) is 6.42 Å². The summed E-state index contributed by atoms with van der Waals surface area (Å²) in [4.78, 5) is 17.4. The van der Waals surface area contributed by atoms with Crippen LogP contribution in [0.1, 0.15) is 12.0 Å². The van der Waals surface area contributed by atoms with Gasteiger partial charge in [-0.1, -0.05) is 12.6 Å². The van der Waals surface area contributed by atoms with Crippen LogP contribution in [0.3, 0.4) is 0 Å². The molecule has 4 nitrogen and oxygen atoms in total. The van der Waals surface area contributed by atoms with E-state index < -0.39 is 0 Å². The molecule has 1 atom stereocenters. The standard InChI is InChI=1S/C10H14N3O.K/c1-12-10-8(3-2-6-13-10)4-5-9(11)7-14;/h3,6-7,9H,4-5,11H2,1H3,(H,12,13);/q-1;+1. The second-order valence-corrected chi connectivity index (χ2v) is 3.04. The first-order valence-electron chi connectivity index (χ1n) is 4.49. The molecule has 0 aromatic carbocycles. The molecule has 0 fully saturated rings. The molecule has 0 bridgehead atoms. The zero-order valence-electron chi connectivity index (χ0n) is 9.16. The number of aromatic amines is 1. The maximum atomic E-state index is 10.3. The SMILES string of the molecule is CN=c1[nH]c[c-]cc1CCC(N)C=O.[K+]. The van der Waals surface area contributed by atoms with Gasteiger partial charge in [-0.15, -0.1) is 0 Å². The van der Waals surface area contributed by atoms with Crippen LogP contribution < -0.4 is 62.6 Å². The Bertz CT molecular complexity index is 362. The van der Waals surface area contributed by atoms with Gasteiger partial charge >= 0.3 is 51.4 Å². The Kier molecular flexibility index (Phi) is 8.50. The quantitative estimate of drug-likeness (QED) is 0.326. The van der Waals surface area contributed by atoms with Crippen molar-refractivity contribution in [3.63, 3.8) is 0 Å². The Balaban J connectivity index is 0.00000196. The number of nitrogens with one attached hydrogen (secondary N) is 1. The van der Waals surface area contributed by atoms with E-state index in [1.165, 1.54) is 0 Å². The monoisotopic (exact) mass is 231 g/mol. The molecule has 3 N–H and O–H groups in total. The third kappa shape index (κ3) is 5.19. The molecule has 15 heavy (non-hydrogen) atoms. The van der Waals surface area contributed by atoms with E-state index in [0.717, 1.165) is 23.8 Å². The molecule has 76 valence electrons. The molecule has 0 aliphatic heterocycles. The number of nitrogens with two attached hydrogens (primary N) is 1. The van der Waals surface area contributed by atoms with Crippen molar-refractivity contribution in [3.8, 4) is 0 Å². The van der Waals surface area contributed by atoms with Gasteiger partial charge in [-0.2, -0.15) is 5.56 Å². The van der Waals surface area contributed by atoms with E-state index in [4.69, 9.17) is 5.73 Å². The Hall–Kier alpha value is 0.216. The van der Waals surface area contributed by atoms with Crippen LogP contribution >= 0.6 is 0 Å². The molecule has 0 amide bonds. The average Bonchev–Trinajstić information content (AvgIpc) is 2.26. The minimum absolute atomic E-state index is 0. The largest absolute Gasteiger partial charge is 1.00 e. The van der Waals surface area contributed by atoms with Crippen LogP contribution in [0.5, 0.6) is 0 Å². The summed E-state index contributed by atoms with van der Waals surface area (Å²) in [6.45, 7) is 0. The van der Waals surface area contributed by atoms with Crippen LogP contribution in [0.15, 0.2) is 17.3 Å². The van der Waals surface area contributed by atoms with Crippen LogP contribution in [0, 0.1) is 6.07 Å². The van der Waals surface area contributed by atoms with Gasteiger partial charge in [-0.3, -0.25) is 4.99 Å². The minimum atomic E-state index is -0.389. The zero-order valence-corrected chi connectivity index (χ0v) is 12.3. The fourth-order valence-electron chi connectivity index (χ4n) is 1.20. The van der Waals surface area contributed by atoms with Gasteiger partial charge in [0.15, 0.2) is 0 Å². The summed E-state index contributed by atoms with van der Waals surface area (Å²) < 4.78 is 0. The third-order valence-electron chi connectivity index (χ3n) is 2.00. The van der Waals surface area contributed by atoms with Crippen molar-refractivity contribution in [2.45, 2.75) is 18.9 Å². The maximum Gasteiger partial charge on any atom is 1.00 e. The zero-order chi connectivity index (χ0) is 10.4. The number of hydrogen-bond acceptors (Lipinski definition) is 3. The normalized spacial score (nSPS) is 13.1. The number of hydrogen-bond donors (Lipinski definition) is 2. The topological polar surface area (TPSA) is 71.2 Å². The summed E-state index contributed by atoms with van der Waals surface area (Å²) in [5.74, 6) is 0. The predicted octanol–water partition coefficient (Wildman–Crippen LogP) is -3.19. The number of rotatable bonds is 4. The van der Waals surface area contributed by atoms with Crippen LogP contribution in [-0.4, -0.2) is 24.4 Å². The van der Waals surface area contributed by atoms with Gasteiger partial charge in [-0.25, -0.2) is 12.1 Å². The molecule has 1 rings (SSSR count). The fourth-order valence-corrected chi connectivity index (χ4v) is 1.20. The summed E-state index contributed by atoms with van der Waals surface area (Å²) in [6.07, 6.45) is 3.84. The van der Waals surface area contributed by atoms with Gasteiger partial charge in [0.2, 0.25) is 0 Å². The molecule has 1 unspecified atom stereocenters. The molecule has 0 aliphatic rings. The number of carbonyl (C=O) groups excluding carboxylic acids is 1. The van der Waals surface area contributed by atoms with Crippen LogP contribution in [0.4, 0.5) is 0 Å². The molecular weight excluding hydrogens is 217 g/mol. The number of carbonyl (C=O) groups is 1. The number of pyridine rings is 1. The average molecular weight is 231 g/mol. The van der Waals surface area contributed by atoms with Crippen LogP contribution in [0.25, 0.3) is 0 Å². The van der Waals surface area contributed by atoms with Crippen molar-refractivity contribution < 1.29 is 56.2 Å². The van der Waals surface area contributed by atoms with Gasteiger partial charge in [0.25, 0.3) is 0 Å². The molecule has 0 spiro atoms. The summed E-state index contributed by atoms with van der Waals surface area (Å²) in [6, 6.07) is 4.40. The molecule has 0 aliphatic carbocycles. The van der Waals surface area contributed by atoms with E-state index in [1.807, 2.05) is 6.07 Å². The third-order valence-corrected chi connectivity index (χ3v) is 2.00. The van der Waals surface area contributed by atoms with Gasteiger partial charge in [0, 0.05) is 12.5 Å². The Morgan fingerprint density at radius 2 is 2.47 bits per heavy atom. The summed E-state index contributed by atoms with van der Waals surface area (Å²) in [5.41, 5.74) is 7.35. The molecule has 1 aromatic heterocycles. The smallest absolute Gasteiger partial charge is 0.380 e. The number of H-pyrrole nitrogens is 1. The maximum absolute atomic E-state index is 10.3. The van der Waals surface area contributed by atoms with E-state index in [9.17, 15) is 4.79 Å². The van der Waals surface area contributed by atoms with E-state index in [-0.39, 0.29) is 57.4 Å². The number of aryl methyl sites for hydroxylation is 1. The number of aromatic nitrogens is 1. The fraction of sp³-hybridized carbons (Fsp3) is 0.400. The van der Waals surface area contributed by atoms with E-state index in [1.54, 1.807) is 13.2 Å². The molecule has 0 radical (unpaired) electrons. The van der Waals surface area contributed by atoms with Crippen molar-refractivity contribution in [3.05, 3.63) is 29.4 Å². The summed E-state index contributed by atoms with van der Waals surface area (Å²) >= 11 is 0. The Morgan fingerprint density at radius 3 is 3.07 bits per heavy atom.